The Morgan fingerprint density at radius 2 is 1.06 bits per heavy atom. The summed E-state index contributed by atoms with van der Waals surface area (Å²) in [5.41, 5.74) is 19.1. The number of rotatable bonds is 27. The van der Waals surface area contributed by atoms with Crippen molar-refractivity contribution in [2.75, 3.05) is 13.2 Å². The second-order valence-corrected chi connectivity index (χ2v) is 17.7. The predicted octanol–water partition coefficient (Wildman–Crippen LogP) is 7.52. The molecule has 17 nitrogen and oxygen atoms in total. The molecular formula is C53H55Cl2N5O12. The van der Waals surface area contributed by atoms with Crippen LogP contribution in [0.2, 0.25) is 10.0 Å². The van der Waals surface area contributed by atoms with Crippen molar-refractivity contribution in [2.45, 2.75) is 78.5 Å². The molecule has 19 heteroatoms. The summed E-state index contributed by atoms with van der Waals surface area (Å²) in [4.78, 5) is 55.5. The van der Waals surface area contributed by atoms with Gasteiger partial charge in [0.2, 0.25) is 11.8 Å². The van der Waals surface area contributed by atoms with Crippen LogP contribution in [0, 0.1) is 19.8 Å². The molecule has 72 heavy (non-hydrogen) atoms. The molecule has 0 aliphatic heterocycles. The highest BCUT2D eigenvalue weighted by atomic mass is 35.5. The van der Waals surface area contributed by atoms with Gasteiger partial charge in [0.25, 0.3) is 0 Å². The number of primary amides is 2. The van der Waals surface area contributed by atoms with Gasteiger partial charge in [-0.3, -0.25) is 29.1 Å². The SMILES string of the molecule is Cc1c(COc2cc(OCc3cncc(C(N)=O)c3)c(CC[C@@H](CCO)C(=O)O)cc2Cl)cccc1-c1cccc(COc2cc(OCc3cncc(C(N)=O)c3)c(CN[C@@H](CCO)C(=O)O)cc2Cl)c1C. The van der Waals surface area contributed by atoms with E-state index in [1.807, 2.05) is 50.2 Å². The number of hydrogen-bond donors (Lipinski definition) is 7. The molecule has 0 saturated carbocycles. The summed E-state index contributed by atoms with van der Waals surface area (Å²) >= 11 is 13.6. The lowest BCUT2D eigenvalue weighted by molar-refractivity contribution is -0.142. The first-order valence-corrected chi connectivity index (χ1v) is 23.5. The van der Waals surface area contributed by atoms with Crippen LogP contribution in [0.25, 0.3) is 11.1 Å². The van der Waals surface area contributed by atoms with Crippen molar-refractivity contribution in [3.63, 3.8) is 0 Å². The molecule has 9 N–H and O–H groups in total. The summed E-state index contributed by atoms with van der Waals surface area (Å²) in [6, 6.07) is 20.5. The third kappa shape index (κ3) is 14.4. The zero-order chi connectivity index (χ0) is 51.9. The number of nitrogens with two attached hydrogens (primary N) is 2. The topological polar surface area (TPSA) is 276 Å². The fourth-order valence-corrected chi connectivity index (χ4v) is 8.31. The number of carboxylic acids is 2. The van der Waals surface area contributed by atoms with Crippen molar-refractivity contribution in [3.8, 4) is 34.1 Å². The molecule has 0 aliphatic carbocycles. The average molecular weight is 1020 g/mol. The van der Waals surface area contributed by atoms with Crippen LogP contribution >= 0.6 is 23.2 Å². The quantitative estimate of drug-likeness (QED) is 0.0263. The van der Waals surface area contributed by atoms with Crippen LogP contribution in [-0.4, -0.2) is 73.4 Å². The van der Waals surface area contributed by atoms with Gasteiger partial charge in [0, 0.05) is 73.4 Å². The summed E-state index contributed by atoms with van der Waals surface area (Å²) in [5.74, 6) is -2.88. The van der Waals surface area contributed by atoms with Crippen LogP contribution in [-0.2, 0) is 49.0 Å². The average Bonchev–Trinajstić information content (AvgIpc) is 3.35. The van der Waals surface area contributed by atoms with Crippen LogP contribution in [0.4, 0.5) is 0 Å². The molecule has 378 valence electrons. The number of benzene rings is 4. The molecule has 0 spiro atoms. The lowest BCUT2D eigenvalue weighted by Gasteiger charge is -2.19. The van der Waals surface area contributed by atoms with E-state index in [0.717, 1.165) is 33.4 Å². The van der Waals surface area contributed by atoms with Gasteiger partial charge in [0.05, 0.1) is 27.1 Å². The zero-order valence-electron chi connectivity index (χ0n) is 39.5. The molecule has 0 bridgehead atoms. The molecule has 0 radical (unpaired) electrons. The molecule has 2 aromatic heterocycles. The first kappa shape index (κ1) is 54.1. The molecular weight excluding hydrogens is 970 g/mol. The molecule has 6 aromatic rings. The van der Waals surface area contributed by atoms with Crippen LogP contribution in [0.3, 0.4) is 0 Å². The van der Waals surface area contributed by atoms with Gasteiger partial charge in [-0.1, -0.05) is 59.6 Å². The molecule has 2 amide bonds. The zero-order valence-corrected chi connectivity index (χ0v) is 41.0. The first-order valence-electron chi connectivity index (χ1n) is 22.8. The number of carbonyl (C=O) groups excluding carboxylic acids is 2. The number of aliphatic carboxylic acids is 2. The maximum absolute atomic E-state index is 11.9. The number of aliphatic hydroxyl groups is 2. The van der Waals surface area contributed by atoms with E-state index in [0.29, 0.717) is 45.3 Å². The molecule has 0 fully saturated rings. The van der Waals surface area contributed by atoms with Gasteiger partial charge in [0.15, 0.2) is 0 Å². The summed E-state index contributed by atoms with van der Waals surface area (Å²) in [5, 5.41) is 41.7. The van der Waals surface area contributed by atoms with Gasteiger partial charge in [0.1, 0.15) is 55.5 Å². The van der Waals surface area contributed by atoms with Crippen LogP contribution in [0.15, 0.2) is 97.6 Å². The predicted molar refractivity (Wildman–Crippen MR) is 268 cm³/mol. The third-order valence-electron chi connectivity index (χ3n) is 12.0. The number of carbonyl (C=O) groups is 4. The van der Waals surface area contributed by atoms with E-state index in [-0.39, 0.29) is 93.0 Å². The number of pyridine rings is 2. The maximum Gasteiger partial charge on any atom is 0.320 e. The van der Waals surface area contributed by atoms with E-state index in [4.69, 9.17) is 53.6 Å². The van der Waals surface area contributed by atoms with Gasteiger partial charge >= 0.3 is 11.9 Å². The number of aliphatic hydroxyl groups excluding tert-OH is 2. The number of nitrogens with one attached hydrogen (secondary N) is 1. The summed E-state index contributed by atoms with van der Waals surface area (Å²) < 4.78 is 25.1. The van der Waals surface area contributed by atoms with Gasteiger partial charge in [-0.25, -0.2) is 0 Å². The number of aryl methyl sites for hydroxylation is 1. The normalized spacial score (nSPS) is 11.9. The number of ether oxygens (including phenoxy) is 4. The van der Waals surface area contributed by atoms with E-state index in [9.17, 15) is 39.6 Å². The number of carboxylic acid groups (broad SMARTS) is 2. The summed E-state index contributed by atoms with van der Waals surface area (Å²) in [6.45, 7) is 3.65. The molecule has 4 aromatic carbocycles. The third-order valence-corrected chi connectivity index (χ3v) is 12.6. The smallest absolute Gasteiger partial charge is 0.320 e. The molecule has 2 heterocycles. The Labute approximate surface area is 425 Å². The molecule has 0 aliphatic rings. The second kappa shape index (κ2) is 25.7. The minimum atomic E-state index is -1.13. The lowest BCUT2D eigenvalue weighted by Crippen LogP contribution is -2.37. The van der Waals surface area contributed by atoms with Crippen molar-refractivity contribution in [1.82, 2.24) is 15.3 Å². The summed E-state index contributed by atoms with van der Waals surface area (Å²) in [6.07, 6.45) is 6.35. The summed E-state index contributed by atoms with van der Waals surface area (Å²) in [7, 11) is 0. The van der Waals surface area contributed by atoms with E-state index in [1.165, 1.54) is 18.6 Å². The Balaban J connectivity index is 1.21. The highest BCUT2D eigenvalue weighted by Gasteiger charge is 2.22. The Morgan fingerprint density at radius 1 is 0.583 bits per heavy atom. The van der Waals surface area contributed by atoms with E-state index in [2.05, 4.69) is 15.3 Å². The highest BCUT2D eigenvalue weighted by molar-refractivity contribution is 6.32. The van der Waals surface area contributed by atoms with Crippen LogP contribution < -0.4 is 35.7 Å². The van der Waals surface area contributed by atoms with Gasteiger partial charge in [-0.05, 0) is 103 Å². The van der Waals surface area contributed by atoms with Crippen molar-refractivity contribution < 1.29 is 58.6 Å². The lowest BCUT2D eigenvalue weighted by atomic mass is 9.92. The molecule has 6 rings (SSSR count). The van der Waals surface area contributed by atoms with Crippen molar-refractivity contribution in [2.24, 2.45) is 17.4 Å². The largest absolute Gasteiger partial charge is 0.488 e. The fourth-order valence-electron chi connectivity index (χ4n) is 7.83. The number of aromatic nitrogens is 2. The van der Waals surface area contributed by atoms with Crippen molar-refractivity contribution >= 4 is 47.0 Å². The Hall–Kier alpha value is -7.28. The minimum absolute atomic E-state index is 0.00977. The minimum Gasteiger partial charge on any atom is -0.488 e. The maximum atomic E-state index is 11.9. The number of amides is 2. The number of hydrogen-bond acceptors (Lipinski definition) is 13. The molecule has 2 atom stereocenters. The van der Waals surface area contributed by atoms with Crippen molar-refractivity contribution in [3.05, 3.63) is 163 Å². The van der Waals surface area contributed by atoms with E-state index < -0.39 is 35.7 Å². The Morgan fingerprint density at radius 3 is 1.51 bits per heavy atom. The monoisotopic (exact) mass is 1020 g/mol. The first-order chi connectivity index (χ1) is 34.6. The van der Waals surface area contributed by atoms with Gasteiger partial charge in [-0.2, -0.15) is 0 Å². The highest BCUT2D eigenvalue weighted by Crippen LogP contribution is 2.38. The Bertz CT molecular complexity index is 2720. The molecule has 0 unspecified atom stereocenters. The van der Waals surface area contributed by atoms with Gasteiger partial charge < -0.3 is 56.2 Å². The molecule has 0 saturated heterocycles. The van der Waals surface area contributed by atoms with Crippen molar-refractivity contribution in [1.29, 1.82) is 0 Å². The van der Waals surface area contributed by atoms with Crippen LogP contribution in [0.1, 0.15) is 84.5 Å². The van der Waals surface area contributed by atoms with Gasteiger partial charge in [-0.15, -0.1) is 0 Å². The fraction of sp³-hybridized carbons (Fsp3) is 0.283. The number of halogens is 2. The van der Waals surface area contributed by atoms with E-state index in [1.54, 1.807) is 42.6 Å². The number of nitrogens with zero attached hydrogens (tertiary/aromatic N) is 2. The van der Waals surface area contributed by atoms with Crippen LogP contribution in [0.5, 0.6) is 23.0 Å². The Kier molecular flexibility index (Phi) is 19.3. The van der Waals surface area contributed by atoms with E-state index >= 15 is 0 Å². The second-order valence-electron chi connectivity index (χ2n) is 16.9. The standard InChI is InChI=1S/C53H55Cl2N5O12/c1-30-36(28-71-48-19-46(69-26-32-15-39(50(56)63)23-58-21-32)35(17-43(48)54)10-9-34(11-13-61)52(65)66)5-3-7-41(30)42-8-4-6-37(31(42)2)29-72-49-20-47(70-27-33-16-40(51(57)64)24-59-22-33)38(18-44(49)55)25-60-45(12-14-62)53(67)68/h3-8,15-24,34,45,60-62H,9-14,25-29H2,1-2H3,(H2,56,63)(H2,57,64)(H,65,66)(H,67,68)/t34-,45-/m0/s1.